The predicted octanol–water partition coefficient (Wildman–Crippen LogP) is 7.58. The molecule has 0 saturated carbocycles. The number of rotatable bonds is 11. The van der Waals surface area contributed by atoms with Crippen LogP contribution in [0, 0.1) is 25.5 Å². The van der Waals surface area contributed by atoms with E-state index >= 15 is 8.78 Å². The second-order valence-corrected chi connectivity index (χ2v) is 20.3. The van der Waals surface area contributed by atoms with Crippen LogP contribution in [0.15, 0.2) is 82.3 Å². The molecule has 8 heterocycles. The molecule has 20 nitrogen and oxygen atoms in total. The van der Waals surface area contributed by atoms with Gasteiger partial charge in [0, 0.05) is 50.5 Å². The van der Waals surface area contributed by atoms with Gasteiger partial charge in [-0.05, 0) is 104 Å². The maximum absolute atomic E-state index is 16.3. The van der Waals surface area contributed by atoms with Gasteiger partial charge in [0.05, 0.1) is 62.7 Å². The van der Waals surface area contributed by atoms with Gasteiger partial charge in [-0.1, -0.05) is 32.6 Å². The Balaban J connectivity index is 0.818. The highest BCUT2D eigenvalue weighted by molar-refractivity contribution is 9.10. The first-order valence-corrected chi connectivity index (χ1v) is 25.3. The Morgan fingerprint density at radius 1 is 0.947 bits per heavy atom. The summed E-state index contributed by atoms with van der Waals surface area (Å²) < 4.78 is 40.9. The van der Waals surface area contributed by atoms with Gasteiger partial charge in [0.2, 0.25) is 11.9 Å². The fourth-order valence-electron chi connectivity index (χ4n) is 10.1. The number of H-pyrrole nitrogens is 1. The second-order valence-electron chi connectivity index (χ2n) is 19.5. The minimum Gasteiger partial charge on any atom is -0.507 e. The van der Waals surface area contributed by atoms with E-state index in [-0.39, 0.29) is 66.7 Å². The average Bonchev–Trinajstić information content (AvgIpc) is 3.97. The quantitative estimate of drug-likeness (QED) is 0.106. The zero-order valence-corrected chi connectivity index (χ0v) is 43.9. The van der Waals surface area contributed by atoms with Crippen LogP contribution < -0.4 is 20.8 Å². The molecule has 2 aliphatic rings. The Morgan fingerprint density at radius 2 is 1.72 bits per heavy atom. The first kappa shape index (κ1) is 50.5. The van der Waals surface area contributed by atoms with E-state index in [1.54, 1.807) is 44.6 Å². The van der Waals surface area contributed by atoms with Crippen molar-refractivity contribution < 1.29 is 28.2 Å². The Bertz CT molecular complexity index is 3630. The predicted molar refractivity (Wildman–Crippen MR) is 282 cm³/mol. The van der Waals surface area contributed by atoms with E-state index in [4.69, 9.17) is 19.7 Å². The van der Waals surface area contributed by atoms with Gasteiger partial charge >= 0.3 is 11.8 Å². The number of hydrogen-bond donors (Lipinski definition) is 3. The van der Waals surface area contributed by atoms with E-state index in [9.17, 15) is 19.5 Å². The van der Waals surface area contributed by atoms with Crippen LogP contribution in [-0.2, 0) is 16.1 Å². The molecule has 2 aliphatic heterocycles. The first-order chi connectivity index (χ1) is 35.9. The monoisotopic (exact) mass is 1090 g/mol. The number of carbonyl (C=O) groups is 2. The van der Waals surface area contributed by atoms with Crippen LogP contribution in [0.25, 0.3) is 44.7 Å². The van der Waals surface area contributed by atoms with E-state index in [1.165, 1.54) is 16.7 Å². The molecule has 2 fully saturated rings. The maximum atomic E-state index is 16.3. The topological polar surface area (TPSA) is 221 Å². The van der Waals surface area contributed by atoms with Gasteiger partial charge in [-0.2, -0.15) is 24.6 Å². The molecule has 2 aromatic carbocycles. The number of fused-ring (bicyclic) bond motifs is 3. The van der Waals surface area contributed by atoms with Crippen LogP contribution in [0.5, 0.6) is 5.75 Å². The van der Waals surface area contributed by atoms with Crippen molar-refractivity contribution in [1.29, 1.82) is 0 Å². The number of hydrogen-bond acceptors (Lipinski definition) is 15. The van der Waals surface area contributed by atoms with Crippen LogP contribution in [0.3, 0.4) is 0 Å². The van der Waals surface area contributed by atoms with Crippen molar-refractivity contribution in [3.8, 4) is 22.7 Å². The van der Waals surface area contributed by atoms with Gasteiger partial charge in [0.25, 0.3) is 5.91 Å². The smallest absolute Gasteiger partial charge is 0.410 e. The number of aromatic hydroxyl groups is 1. The summed E-state index contributed by atoms with van der Waals surface area (Å²) in [5.41, 5.74) is 3.45. The summed E-state index contributed by atoms with van der Waals surface area (Å²) >= 11 is 3.57. The Labute approximate surface area is 437 Å². The number of nitrogens with zero attached hydrogens (tertiary/aromatic N) is 13. The summed E-state index contributed by atoms with van der Waals surface area (Å²) in [6.07, 6.45) is 2.67. The normalized spacial score (nSPS) is 17.2. The average molecular weight is 1090 g/mol. The van der Waals surface area contributed by atoms with Gasteiger partial charge in [0.15, 0.2) is 17.1 Å². The van der Waals surface area contributed by atoms with E-state index in [0.29, 0.717) is 58.6 Å². The molecule has 388 valence electrons. The van der Waals surface area contributed by atoms with Crippen molar-refractivity contribution in [2.75, 3.05) is 54.4 Å². The number of carbonyl (C=O) groups excluding carboxylic acids is 2. The van der Waals surface area contributed by atoms with Crippen LogP contribution in [0.2, 0.25) is 0 Å². The molecule has 3 atom stereocenters. The second kappa shape index (κ2) is 20.0. The number of phenolic OH excluding ortho intramolecular Hbond substituents is 1. The lowest BCUT2D eigenvalue weighted by Gasteiger charge is -2.43. The number of imidazole rings is 1. The van der Waals surface area contributed by atoms with Crippen molar-refractivity contribution in [3.05, 3.63) is 122 Å². The first-order valence-electron chi connectivity index (χ1n) is 24.5. The number of halogens is 3. The van der Waals surface area contributed by atoms with E-state index in [1.807, 2.05) is 64.6 Å². The number of amides is 2. The van der Waals surface area contributed by atoms with E-state index in [2.05, 4.69) is 52.9 Å². The summed E-state index contributed by atoms with van der Waals surface area (Å²) in [5.74, 6) is -1.23. The number of ether oxygens (including phenoxy) is 1. The van der Waals surface area contributed by atoms with E-state index < -0.39 is 52.4 Å². The molecule has 0 unspecified atom stereocenters. The molecular formula is C52H54BrF2N15O5. The van der Waals surface area contributed by atoms with Crippen molar-refractivity contribution >= 4 is 73.4 Å². The summed E-state index contributed by atoms with van der Waals surface area (Å²) in [7, 11) is 0. The summed E-state index contributed by atoms with van der Waals surface area (Å²) in [5, 5.41) is 18.7. The molecular weight excluding hydrogens is 1030 g/mol. The van der Waals surface area contributed by atoms with Crippen LogP contribution in [-0.4, -0.2) is 133 Å². The van der Waals surface area contributed by atoms with Gasteiger partial charge < -0.3 is 34.8 Å². The van der Waals surface area contributed by atoms with Crippen LogP contribution in [0.1, 0.15) is 63.2 Å². The fraction of sp³-hybridized carbons (Fsp3) is 0.346. The number of benzene rings is 2. The Kier molecular flexibility index (Phi) is 13.4. The van der Waals surface area contributed by atoms with Crippen molar-refractivity contribution in [2.24, 2.45) is 0 Å². The standard InChI is InChI=1S/C52H54BrF2N15O5/c1-26(2)42-44(28(4)14-15-56-42)69-46-33(19-36(55)43(61-46)41-35(54)10-9-11-39(41)71)45(63-51(69)73)67-17-16-65(22-30(67)6)48(72)29(5)25-75-52(74)68-31(7)23-66(24-32(68)8)50-62-47-34(53)20-58-70(47)49(64-50)57-21-40-59-37-13-12-27(3)18-38(37)60-40/h9-15,18-20,26,30-32,71H,5,16-17,21-25H2,1-4,6-8H3,(H,59,60)(H,57,62,64)/t30-,31-,32+/m0/s1. The fourth-order valence-corrected chi connectivity index (χ4v) is 10.4. The van der Waals surface area contributed by atoms with Gasteiger partial charge in [-0.15, -0.1) is 0 Å². The van der Waals surface area contributed by atoms with Gasteiger partial charge in [0.1, 0.15) is 35.5 Å². The molecule has 0 radical (unpaired) electrons. The number of nitrogens with one attached hydrogen (secondary N) is 2. The minimum atomic E-state index is -0.954. The third-order valence-corrected chi connectivity index (χ3v) is 14.2. The molecule has 75 heavy (non-hydrogen) atoms. The highest BCUT2D eigenvalue weighted by atomic mass is 79.9. The maximum Gasteiger partial charge on any atom is 0.410 e. The SMILES string of the molecule is C=C(COC(=O)N1[C@H](C)CN(c2nc(NCc3nc4ccc(C)cc4[nH]3)n3ncc(Br)c3n2)C[C@@H]1C)C(=O)N1CCN(c2nc(=O)n(-c3c(C)ccnc3C(C)C)c3nc(-c4c(O)cccc4F)c(F)cc23)[C@@H](C)C1. The largest absolute Gasteiger partial charge is 0.507 e. The molecule has 8 aromatic rings. The van der Waals surface area contributed by atoms with Crippen LogP contribution in [0.4, 0.5) is 31.3 Å². The highest BCUT2D eigenvalue weighted by Gasteiger charge is 2.37. The van der Waals surface area contributed by atoms with Crippen LogP contribution >= 0.6 is 15.9 Å². The molecule has 0 aliphatic carbocycles. The van der Waals surface area contributed by atoms with E-state index in [0.717, 1.165) is 34.6 Å². The van der Waals surface area contributed by atoms with Gasteiger partial charge in [-0.25, -0.2) is 32.9 Å². The molecule has 2 amide bonds. The lowest BCUT2D eigenvalue weighted by atomic mass is 10.0. The van der Waals surface area contributed by atoms with Crippen molar-refractivity contribution in [3.63, 3.8) is 0 Å². The lowest BCUT2D eigenvalue weighted by Crippen LogP contribution is -2.59. The number of aromatic amines is 1. The Hall–Kier alpha value is -8.08. The molecule has 3 N–H and O–H groups in total. The Morgan fingerprint density at radius 3 is 2.45 bits per heavy atom. The summed E-state index contributed by atoms with van der Waals surface area (Å²) in [4.78, 5) is 80.5. The molecule has 23 heteroatoms. The molecule has 6 aromatic heterocycles. The summed E-state index contributed by atoms with van der Waals surface area (Å²) in [6.45, 7) is 18.5. The van der Waals surface area contributed by atoms with Crippen molar-refractivity contribution in [1.82, 2.24) is 58.9 Å². The zero-order chi connectivity index (χ0) is 53.1. The van der Waals surface area contributed by atoms with Crippen molar-refractivity contribution in [2.45, 2.75) is 79.1 Å². The lowest BCUT2D eigenvalue weighted by molar-refractivity contribution is -0.128. The zero-order valence-electron chi connectivity index (χ0n) is 42.3. The number of aryl methyl sites for hydroxylation is 2. The molecule has 10 rings (SSSR count). The number of anilines is 3. The number of piperazine rings is 2. The number of aromatic nitrogens is 10. The van der Waals surface area contributed by atoms with Gasteiger partial charge in [-0.3, -0.25) is 14.7 Å². The number of pyridine rings is 2. The molecule has 2 saturated heterocycles. The minimum absolute atomic E-state index is 0.0294. The highest BCUT2D eigenvalue weighted by Crippen LogP contribution is 2.37. The molecule has 0 spiro atoms. The summed E-state index contributed by atoms with van der Waals surface area (Å²) in [6, 6.07) is 11.3. The number of phenols is 1. The third-order valence-electron chi connectivity index (χ3n) is 13.6. The molecule has 0 bridgehead atoms. The third kappa shape index (κ3) is 9.44.